The van der Waals surface area contributed by atoms with E-state index in [1.807, 2.05) is 0 Å². The number of carbonyl (C=O) groups excluding carboxylic acids is 4. The molecule has 1 saturated heterocycles. The maximum Gasteiger partial charge on any atom is 0.261 e. The summed E-state index contributed by atoms with van der Waals surface area (Å²) >= 11 is 1.31. The van der Waals surface area contributed by atoms with Crippen LogP contribution in [-0.4, -0.2) is 47.7 Å². The number of nitrogens with one attached hydrogen (secondary N) is 2. The summed E-state index contributed by atoms with van der Waals surface area (Å²) in [5, 5.41) is 6.59. The van der Waals surface area contributed by atoms with Gasteiger partial charge in [-0.2, -0.15) is 0 Å². The summed E-state index contributed by atoms with van der Waals surface area (Å²) in [4.78, 5) is 48.2. The van der Waals surface area contributed by atoms with Gasteiger partial charge < -0.3 is 10.2 Å². The summed E-state index contributed by atoms with van der Waals surface area (Å²) in [6.45, 7) is 1.59. The minimum atomic E-state index is -0.678. The van der Waals surface area contributed by atoms with Crippen molar-refractivity contribution in [1.29, 1.82) is 0 Å². The summed E-state index contributed by atoms with van der Waals surface area (Å²) in [7, 11) is 0. The Bertz CT molecular complexity index is 570. The number of amides is 4. The van der Waals surface area contributed by atoms with Crippen molar-refractivity contribution in [2.45, 2.75) is 19.4 Å². The van der Waals surface area contributed by atoms with Crippen molar-refractivity contribution in [2.75, 3.05) is 13.1 Å². The van der Waals surface area contributed by atoms with Crippen LogP contribution in [0.4, 0.5) is 0 Å². The van der Waals surface area contributed by atoms with Crippen molar-refractivity contribution < 1.29 is 19.2 Å². The lowest BCUT2D eigenvalue weighted by molar-refractivity contribution is -0.149. The lowest BCUT2D eigenvalue weighted by Gasteiger charge is -2.31. The van der Waals surface area contributed by atoms with Crippen LogP contribution in [-0.2, 0) is 14.4 Å². The Morgan fingerprint density at radius 1 is 1.48 bits per heavy atom. The van der Waals surface area contributed by atoms with Gasteiger partial charge in [0.25, 0.3) is 5.91 Å². The van der Waals surface area contributed by atoms with E-state index in [1.165, 1.54) is 16.2 Å². The molecule has 1 aromatic rings. The predicted molar refractivity (Wildman–Crippen MR) is 75.6 cm³/mol. The Morgan fingerprint density at radius 2 is 2.24 bits per heavy atom. The predicted octanol–water partition coefficient (Wildman–Crippen LogP) is -0.259. The summed E-state index contributed by atoms with van der Waals surface area (Å²) in [5.74, 6) is -1.55. The molecule has 0 aliphatic carbocycles. The van der Waals surface area contributed by atoms with Gasteiger partial charge in [-0.25, -0.2) is 0 Å². The fourth-order valence-electron chi connectivity index (χ4n) is 1.94. The summed E-state index contributed by atoms with van der Waals surface area (Å²) in [6, 6.07) is 2.78. The third-order valence-corrected chi connectivity index (χ3v) is 3.98. The van der Waals surface area contributed by atoms with Crippen LogP contribution in [0.15, 0.2) is 17.5 Å². The molecule has 1 atom stereocenters. The van der Waals surface area contributed by atoms with Gasteiger partial charge in [0, 0.05) is 13.0 Å². The minimum Gasteiger partial charge on any atom is -0.351 e. The fourth-order valence-corrected chi connectivity index (χ4v) is 2.58. The molecular weight excluding hydrogens is 294 g/mol. The van der Waals surface area contributed by atoms with E-state index in [-0.39, 0.29) is 31.3 Å². The molecule has 1 aromatic heterocycles. The third kappa shape index (κ3) is 3.66. The summed E-state index contributed by atoms with van der Waals surface area (Å²) in [5.41, 5.74) is 0. The molecule has 0 saturated carbocycles. The molecule has 21 heavy (non-hydrogen) atoms. The Morgan fingerprint density at radius 3 is 2.90 bits per heavy atom. The molecule has 0 spiro atoms. The number of hydrogen-bond acceptors (Lipinski definition) is 5. The van der Waals surface area contributed by atoms with Crippen molar-refractivity contribution in [3.8, 4) is 0 Å². The first-order chi connectivity index (χ1) is 9.99. The van der Waals surface area contributed by atoms with Gasteiger partial charge in [0.2, 0.25) is 17.7 Å². The van der Waals surface area contributed by atoms with Gasteiger partial charge in [0.05, 0.1) is 4.88 Å². The molecule has 1 aliphatic heterocycles. The largest absolute Gasteiger partial charge is 0.351 e. The Kier molecular flexibility index (Phi) is 4.69. The average Bonchev–Trinajstić information content (AvgIpc) is 2.96. The van der Waals surface area contributed by atoms with Crippen LogP contribution in [0.1, 0.15) is 23.0 Å². The second-order valence-corrected chi connectivity index (χ2v) is 5.54. The van der Waals surface area contributed by atoms with E-state index in [4.69, 9.17) is 0 Å². The van der Waals surface area contributed by atoms with Crippen LogP contribution in [0, 0.1) is 0 Å². The van der Waals surface area contributed by atoms with E-state index in [0.29, 0.717) is 4.88 Å². The molecule has 1 aliphatic rings. The van der Waals surface area contributed by atoms with Crippen molar-refractivity contribution >= 4 is 35.0 Å². The van der Waals surface area contributed by atoms with Gasteiger partial charge in [-0.1, -0.05) is 6.07 Å². The highest BCUT2D eigenvalue weighted by Gasteiger charge is 2.33. The fraction of sp³-hybridized carbons (Fsp3) is 0.385. The highest BCUT2D eigenvalue weighted by Crippen LogP contribution is 2.09. The van der Waals surface area contributed by atoms with Gasteiger partial charge in [-0.05, 0) is 18.4 Å². The Balaban J connectivity index is 1.83. The molecule has 0 bridgehead atoms. The molecule has 1 unspecified atom stereocenters. The molecule has 0 radical (unpaired) electrons. The third-order valence-electron chi connectivity index (χ3n) is 3.11. The molecule has 0 aromatic carbocycles. The second-order valence-electron chi connectivity index (χ2n) is 4.59. The topological polar surface area (TPSA) is 95.6 Å². The SMILES string of the molecule is CC1C(=O)NC(=O)CN1C(=O)CCNC(=O)c1cccs1. The first kappa shape index (κ1) is 15.2. The van der Waals surface area contributed by atoms with Crippen LogP contribution in [0.5, 0.6) is 0 Å². The normalized spacial score (nSPS) is 18.3. The zero-order valence-electron chi connectivity index (χ0n) is 11.4. The number of nitrogens with zero attached hydrogens (tertiary/aromatic N) is 1. The van der Waals surface area contributed by atoms with Crippen LogP contribution in [0.3, 0.4) is 0 Å². The van der Waals surface area contributed by atoms with Gasteiger partial charge in [0.15, 0.2) is 0 Å². The quantitative estimate of drug-likeness (QED) is 0.749. The molecule has 112 valence electrons. The van der Waals surface area contributed by atoms with E-state index >= 15 is 0 Å². The smallest absolute Gasteiger partial charge is 0.261 e. The van der Waals surface area contributed by atoms with Crippen molar-refractivity contribution in [1.82, 2.24) is 15.5 Å². The van der Waals surface area contributed by atoms with Crippen molar-refractivity contribution in [2.24, 2.45) is 0 Å². The Labute approximate surface area is 125 Å². The molecule has 7 nitrogen and oxygen atoms in total. The van der Waals surface area contributed by atoms with E-state index < -0.39 is 17.9 Å². The van der Waals surface area contributed by atoms with Gasteiger partial charge >= 0.3 is 0 Å². The first-order valence-corrected chi connectivity index (χ1v) is 7.32. The maximum atomic E-state index is 12.0. The number of piperazine rings is 1. The van der Waals surface area contributed by atoms with Crippen LogP contribution < -0.4 is 10.6 Å². The summed E-state index contributed by atoms with van der Waals surface area (Å²) < 4.78 is 0. The van der Waals surface area contributed by atoms with Gasteiger partial charge in [-0.3, -0.25) is 24.5 Å². The average molecular weight is 309 g/mol. The standard InChI is InChI=1S/C13H15N3O4S/c1-8-12(19)15-10(17)7-16(8)11(18)4-5-14-13(20)9-3-2-6-21-9/h2-3,6,8H,4-5,7H2,1H3,(H,14,20)(H,15,17,19). The zero-order chi connectivity index (χ0) is 15.4. The maximum absolute atomic E-state index is 12.0. The monoisotopic (exact) mass is 309 g/mol. The first-order valence-electron chi connectivity index (χ1n) is 6.44. The lowest BCUT2D eigenvalue weighted by atomic mass is 10.2. The second kappa shape index (κ2) is 6.49. The van der Waals surface area contributed by atoms with Crippen LogP contribution in [0.25, 0.3) is 0 Å². The van der Waals surface area contributed by atoms with E-state index in [1.54, 1.807) is 24.4 Å². The van der Waals surface area contributed by atoms with Crippen molar-refractivity contribution in [3.63, 3.8) is 0 Å². The number of carbonyl (C=O) groups is 4. The van der Waals surface area contributed by atoms with E-state index in [0.717, 1.165) is 0 Å². The van der Waals surface area contributed by atoms with E-state index in [2.05, 4.69) is 10.6 Å². The lowest BCUT2D eigenvalue weighted by Crippen LogP contribution is -2.58. The summed E-state index contributed by atoms with van der Waals surface area (Å²) in [6.07, 6.45) is 0.0437. The van der Waals surface area contributed by atoms with Crippen LogP contribution in [0.2, 0.25) is 0 Å². The number of imide groups is 1. The highest BCUT2D eigenvalue weighted by atomic mass is 32.1. The van der Waals surface area contributed by atoms with E-state index in [9.17, 15) is 19.2 Å². The van der Waals surface area contributed by atoms with Gasteiger partial charge in [-0.15, -0.1) is 11.3 Å². The molecule has 2 rings (SSSR count). The van der Waals surface area contributed by atoms with Crippen molar-refractivity contribution in [3.05, 3.63) is 22.4 Å². The molecule has 2 heterocycles. The number of hydrogen-bond donors (Lipinski definition) is 2. The minimum absolute atomic E-state index is 0.0437. The zero-order valence-corrected chi connectivity index (χ0v) is 12.2. The highest BCUT2D eigenvalue weighted by molar-refractivity contribution is 7.12. The number of thiophene rings is 1. The molecule has 1 fully saturated rings. The van der Waals surface area contributed by atoms with Gasteiger partial charge in [0.1, 0.15) is 12.6 Å². The molecule has 4 amide bonds. The molecule has 8 heteroatoms. The number of rotatable bonds is 4. The van der Waals surface area contributed by atoms with Crippen LogP contribution >= 0.6 is 11.3 Å². The molecule has 2 N–H and O–H groups in total. The Hall–Kier alpha value is -2.22. The molecular formula is C13H15N3O4S.